The second-order valence-corrected chi connectivity index (χ2v) is 6.52. The predicted octanol–water partition coefficient (Wildman–Crippen LogP) is 5.12. The average Bonchev–Trinajstić information content (AvgIpc) is 3.27. The van der Waals surface area contributed by atoms with Crippen LogP contribution >= 0.6 is 0 Å². The zero-order chi connectivity index (χ0) is 20.7. The molecule has 1 unspecified atom stereocenters. The highest BCUT2D eigenvalue weighted by atomic mass is 16.6. The summed E-state index contributed by atoms with van der Waals surface area (Å²) in [6.45, 7) is 6.45. The summed E-state index contributed by atoms with van der Waals surface area (Å²) >= 11 is 0. The van der Waals surface area contributed by atoms with Gasteiger partial charge in [-0.25, -0.2) is 4.79 Å². The third-order valence-corrected chi connectivity index (χ3v) is 4.75. The van der Waals surface area contributed by atoms with Gasteiger partial charge >= 0.3 is 5.97 Å². The Morgan fingerprint density at radius 1 is 0.931 bits per heavy atom. The molecule has 29 heavy (non-hydrogen) atoms. The third kappa shape index (κ3) is 4.29. The molecule has 0 saturated heterocycles. The predicted molar refractivity (Wildman–Crippen MR) is 113 cm³/mol. The summed E-state index contributed by atoms with van der Waals surface area (Å²) in [4.78, 5) is 13.2. The van der Waals surface area contributed by atoms with Crippen molar-refractivity contribution >= 4 is 5.97 Å². The van der Waals surface area contributed by atoms with E-state index >= 15 is 0 Å². The van der Waals surface area contributed by atoms with Crippen LogP contribution in [0.5, 0.6) is 11.5 Å². The van der Waals surface area contributed by atoms with Crippen LogP contribution in [-0.4, -0.2) is 23.8 Å². The molecule has 2 aromatic carbocycles. The minimum absolute atomic E-state index is 0.272. The molecule has 0 amide bonds. The summed E-state index contributed by atoms with van der Waals surface area (Å²) in [5.41, 5.74) is 0.263. The molecule has 0 N–H and O–H groups in total. The highest BCUT2D eigenvalue weighted by molar-refractivity contribution is 5.82. The van der Waals surface area contributed by atoms with Crippen LogP contribution in [0.2, 0.25) is 0 Å². The number of esters is 1. The largest absolute Gasteiger partial charge is 0.494 e. The fourth-order valence-electron chi connectivity index (χ4n) is 3.33. The first-order chi connectivity index (χ1) is 14.1. The quantitative estimate of drug-likeness (QED) is 0.473. The van der Waals surface area contributed by atoms with Gasteiger partial charge in [-0.1, -0.05) is 31.2 Å². The molecule has 1 heterocycles. The number of para-hydroxylation sites is 2. The van der Waals surface area contributed by atoms with E-state index in [1.165, 1.54) is 0 Å². The fourth-order valence-corrected chi connectivity index (χ4v) is 3.33. The van der Waals surface area contributed by atoms with Gasteiger partial charge in [0.25, 0.3) is 0 Å². The Balaban J connectivity index is 2.10. The van der Waals surface area contributed by atoms with Crippen molar-refractivity contribution in [2.45, 2.75) is 32.8 Å². The Bertz CT molecular complexity index is 936. The molecule has 0 spiro atoms. The Morgan fingerprint density at radius 3 is 2.38 bits per heavy atom. The highest BCUT2D eigenvalue weighted by Crippen LogP contribution is 2.37. The van der Waals surface area contributed by atoms with Crippen LogP contribution in [0, 0.1) is 0 Å². The number of benzene rings is 2. The molecule has 0 saturated carbocycles. The van der Waals surface area contributed by atoms with Gasteiger partial charge in [0.05, 0.1) is 18.9 Å². The molecule has 5 nitrogen and oxygen atoms in total. The SMILES string of the molecule is CCOC(=O)C(CC)(Oc1ccccc1-n1cccc1)c1cccc(OCC)c1. The van der Waals surface area contributed by atoms with Gasteiger partial charge in [-0.3, -0.25) is 0 Å². The maximum atomic E-state index is 13.2. The first-order valence-electron chi connectivity index (χ1n) is 9.96. The molecule has 152 valence electrons. The molecule has 0 bridgehead atoms. The second kappa shape index (κ2) is 9.32. The molecule has 1 atom stereocenters. The first-order valence-corrected chi connectivity index (χ1v) is 9.96. The Morgan fingerprint density at radius 2 is 1.69 bits per heavy atom. The molecule has 0 aliphatic heterocycles. The van der Waals surface area contributed by atoms with Crippen molar-refractivity contribution in [3.63, 3.8) is 0 Å². The van der Waals surface area contributed by atoms with Gasteiger partial charge in [0.15, 0.2) is 0 Å². The van der Waals surface area contributed by atoms with Crippen molar-refractivity contribution in [1.82, 2.24) is 4.57 Å². The van der Waals surface area contributed by atoms with Crippen molar-refractivity contribution in [3.05, 3.63) is 78.6 Å². The van der Waals surface area contributed by atoms with Gasteiger partial charge in [0, 0.05) is 18.0 Å². The van der Waals surface area contributed by atoms with Crippen LogP contribution in [-0.2, 0) is 15.1 Å². The highest BCUT2D eigenvalue weighted by Gasteiger charge is 2.43. The lowest BCUT2D eigenvalue weighted by Gasteiger charge is -2.32. The summed E-state index contributed by atoms with van der Waals surface area (Å²) in [6.07, 6.45) is 4.28. The van der Waals surface area contributed by atoms with Crippen molar-refractivity contribution in [3.8, 4) is 17.2 Å². The summed E-state index contributed by atoms with van der Waals surface area (Å²) in [5.74, 6) is 0.869. The molecule has 0 radical (unpaired) electrons. The summed E-state index contributed by atoms with van der Waals surface area (Å²) < 4.78 is 19.5. The number of carbonyl (C=O) groups excluding carboxylic acids is 1. The number of carbonyl (C=O) groups is 1. The first kappa shape index (κ1) is 20.5. The third-order valence-electron chi connectivity index (χ3n) is 4.75. The lowest BCUT2D eigenvalue weighted by atomic mass is 9.90. The normalized spacial score (nSPS) is 12.8. The summed E-state index contributed by atoms with van der Waals surface area (Å²) in [6, 6.07) is 19.0. The monoisotopic (exact) mass is 393 g/mol. The topological polar surface area (TPSA) is 49.7 Å². The van der Waals surface area contributed by atoms with E-state index in [0.29, 0.717) is 30.1 Å². The minimum atomic E-state index is -1.29. The van der Waals surface area contributed by atoms with Crippen molar-refractivity contribution in [1.29, 1.82) is 0 Å². The molecule has 1 aromatic heterocycles. The lowest BCUT2D eigenvalue weighted by molar-refractivity contribution is -0.163. The average molecular weight is 393 g/mol. The smallest absolute Gasteiger partial charge is 0.355 e. The van der Waals surface area contributed by atoms with Gasteiger partial charge < -0.3 is 18.8 Å². The van der Waals surface area contributed by atoms with Crippen LogP contribution in [0.15, 0.2) is 73.1 Å². The number of hydrogen-bond acceptors (Lipinski definition) is 4. The summed E-state index contributed by atoms with van der Waals surface area (Å²) in [5, 5.41) is 0. The molecular weight excluding hydrogens is 366 g/mol. The summed E-state index contributed by atoms with van der Waals surface area (Å²) in [7, 11) is 0. The van der Waals surface area contributed by atoms with E-state index in [9.17, 15) is 4.79 Å². The van der Waals surface area contributed by atoms with E-state index < -0.39 is 11.6 Å². The van der Waals surface area contributed by atoms with Crippen LogP contribution < -0.4 is 9.47 Å². The number of nitrogens with zero attached hydrogens (tertiary/aromatic N) is 1. The minimum Gasteiger partial charge on any atom is -0.494 e. The number of hydrogen-bond donors (Lipinski definition) is 0. The maximum absolute atomic E-state index is 13.2. The van der Waals surface area contributed by atoms with E-state index in [1.54, 1.807) is 6.92 Å². The Kier molecular flexibility index (Phi) is 6.60. The van der Waals surface area contributed by atoms with Crippen LogP contribution in [0.1, 0.15) is 32.8 Å². The zero-order valence-corrected chi connectivity index (χ0v) is 17.1. The molecule has 3 rings (SSSR count). The van der Waals surface area contributed by atoms with E-state index in [-0.39, 0.29) is 6.61 Å². The molecule has 0 fully saturated rings. The van der Waals surface area contributed by atoms with Gasteiger partial charge in [-0.05, 0) is 56.7 Å². The molecule has 0 aliphatic carbocycles. The van der Waals surface area contributed by atoms with E-state index in [2.05, 4.69) is 0 Å². The molecule has 3 aromatic rings. The van der Waals surface area contributed by atoms with Gasteiger partial charge in [-0.15, -0.1) is 0 Å². The van der Waals surface area contributed by atoms with Gasteiger partial charge in [0.1, 0.15) is 11.5 Å². The number of rotatable bonds is 9. The standard InChI is InChI=1S/C24H27NO4/c1-4-24(23(26)28-6-3,19-12-11-13-20(18-19)27-5-2)29-22-15-8-7-14-21(22)25-16-9-10-17-25/h7-18H,4-6H2,1-3H3. The van der Waals surface area contributed by atoms with Crippen LogP contribution in [0.25, 0.3) is 5.69 Å². The number of aromatic nitrogens is 1. The number of ether oxygens (including phenoxy) is 3. The van der Waals surface area contributed by atoms with E-state index in [4.69, 9.17) is 14.2 Å². The van der Waals surface area contributed by atoms with Crippen molar-refractivity contribution < 1.29 is 19.0 Å². The molecular formula is C24H27NO4. The van der Waals surface area contributed by atoms with Gasteiger partial charge in [0.2, 0.25) is 5.60 Å². The van der Waals surface area contributed by atoms with Gasteiger partial charge in [-0.2, -0.15) is 0 Å². The maximum Gasteiger partial charge on any atom is 0.355 e. The second-order valence-electron chi connectivity index (χ2n) is 6.52. The van der Waals surface area contributed by atoms with Crippen LogP contribution in [0.3, 0.4) is 0 Å². The Hall–Kier alpha value is -3.21. The van der Waals surface area contributed by atoms with E-state index in [0.717, 1.165) is 5.69 Å². The van der Waals surface area contributed by atoms with Crippen LogP contribution in [0.4, 0.5) is 0 Å². The zero-order valence-electron chi connectivity index (χ0n) is 17.1. The lowest BCUT2D eigenvalue weighted by Crippen LogP contribution is -2.43. The molecule has 5 heteroatoms. The fraction of sp³-hybridized carbons (Fsp3) is 0.292. The molecule has 0 aliphatic rings. The van der Waals surface area contributed by atoms with Crippen molar-refractivity contribution in [2.75, 3.05) is 13.2 Å². The van der Waals surface area contributed by atoms with E-state index in [1.807, 2.05) is 91.5 Å². The van der Waals surface area contributed by atoms with Crippen molar-refractivity contribution in [2.24, 2.45) is 0 Å². The Labute approximate surface area is 171 Å².